The Balaban J connectivity index is 1.95. The van der Waals surface area contributed by atoms with E-state index in [0.717, 1.165) is 6.07 Å². The van der Waals surface area contributed by atoms with Gasteiger partial charge in [-0.2, -0.15) is 9.40 Å². The van der Waals surface area contributed by atoms with Gasteiger partial charge in [0, 0.05) is 30.1 Å². The first-order chi connectivity index (χ1) is 18.4. The van der Waals surface area contributed by atoms with Crippen molar-refractivity contribution in [1.82, 2.24) is 19.7 Å². The number of sulfonamides is 1. The summed E-state index contributed by atoms with van der Waals surface area (Å²) in [6.45, 7) is 5.07. The number of carbonyl (C=O) groups is 1. The Bertz CT molecular complexity index is 1660. The summed E-state index contributed by atoms with van der Waals surface area (Å²) < 4.78 is 78.2. The first-order valence-corrected chi connectivity index (χ1v) is 13.0. The molecule has 0 bridgehead atoms. The quantitative estimate of drug-likeness (QED) is 0.342. The first kappa shape index (κ1) is 27.6. The van der Waals surface area contributed by atoms with Gasteiger partial charge in [-0.15, -0.1) is 0 Å². The summed E-state index contributed by atoms with van der Waals surface area (Å²) >= 11 is 0. The van der Waals surface area contributed by atoms with Gasteiger partial charge in [0.15, 0.2) is 5.82 Å². The molecule has 2 N–H and O–H groups in total. The normalized spacial score (nSPS) is 11.6. The van der Waals surface area contributed by atoms with Crippen molar-refractivity contribution in [2.45, 2.75) is 38.3 Å². The van der Waals surface area contributed by atoms with Crippen molar-refractivity contribution in [2.24, 2.45) is 0 Å². The molecular formula is C25H23F3N6O4S. The van der Waals surface area contributed by atoms with E-state index in [0.29, 0.717) is 36.0 Å². The maximum absolute atomic E-state index is 16.2. The summed E-state index contributed by atoms with van der Waals surface area (Å²) in [5.41, 5.74) is 5.43. The fourth-order valence-corrected chi connectivity index (χ4v) is 5.11. The zero-order valence-corrected chi connectivity index (χ0v) is 21.8. The molecular weight excluding hydrogens is 537 g/mol. The minimum absolute atomic E-state index is 0.0388. The van der Waals surface area contributed by atoms with Crippen LogP contribution in [0.5, 0.6) is 0 Å². The minimum Gasteiger partial charge on any atom is -0.446 e. The first-order valence-electron chi connectivity index (χ1n) is 11.6. The third-order valence-corrected chi connectivity index (χ3v) is 7.10. The van der Waals surface area contributed by atoms with Crippen LogP contribution in [-0.4, -0.2) is 40.4 Å². The van der Waals surface area contributed by atoms with Crippen molar-refractivity contribution in [3.05, 3.63) is 72.3 Å². The molecule has 10 nitrogen and oxygen atoms in total. The summed E-state index contributed by atoms with van der Waals surface area (Å²) in [4.78, 5) is 19.9. The van der Waals surface area contributed by atoms with E-state index in [9.17, 15) is 22.0 Å². The van der Waals surface area contributed by atoms with E-state index in [1.54, 1.807) is 13.1 Å². The molecule has 0 unspecified atom stereocenters. The number of nitrogen functional groups attached to an aromatic ring is 1. The van der Waals surface area contributed by atoms with Gasteiger partial charge >= 0.3 is 6.09 Å². The fourth-order valence-electron chi connectivity index (χ4n) is 3.70. The zero-order chi connectivity index (χ0) is 28.5. The Kier molecular flexibility index (Phi) is 7.58. The molecule has 0 spiro atoms. The molecule has 2 aromatic carbocycles. The number of aryl methyl sites for hydroxylation is 1. The Morgan fingerprint density at radius 3 is 2.54 bits per heavy atom. The summed E-state index contributed by atoms with van der Waals surface area (Å²) in [6.07, 6.45) is 0.648. The van der Waals surface area contributed by atoms with Crippen LogP contribution >= 0.6 is 0 Å². The second kappa shape index (κ2) is 10.7. The molecule has 1 amide bonds. The number of benzene rings is 2. The Hall–Kier alpha value is -4.46. The molecule has 0 radical (unpaired) electrons. The summed E-state index contributed by atoms with van der Waals surface area (Å²) in [5.74, 6) is -3.66. The van der Waals surface area contributed by atoms with Crippen molar-refractivity contribution in [3.8, 4) is 22.5 Å². The molecule has 2 heterocycles. The maximum Gasteiger partial charge on any atom is 0.429 e. The second-order valence-electron chi connectivity index (χ2n) is 8.46. The molecule has 0 atom stereocenters. The largest absolute Gasteiger partial charge is 0.446 e. The van der Waals surface area contributed by atoms with Gasteiger partial charge in [-0.05, 0) is 57.2 Å². The molecule has 4 aromatic rings. The van der Waals surface area contributed by atoms with Crippen LogP contribution < -0.4 is 10.0 Å². The molecule has 4 rings (SSSR count). The number of nitrogens with two attached hydrogens (primary N) is 1. The monoisotopic (exact) mass is 560 g/mol. The van der Waals surface area contributed by atoms with Crippen LogP contribution in [0.1, 0.15) is 20.8 Å². The lowest BCUT2D eigenvalue weighted by Crippen LogP contribution is -2.39. The van der Waals surface area contributed by atoms with Crippen LogP contribution in [0, 0.1) is 17.5 Å². The second-order valence-corrected chi connectivity index (χ2v) is 10.2. The number of aromatic nitrogens is 4. The number of carbonyl (C=O) groups excluding carboxylic acids is 1. The smallest absolute Gasteiger partial charge is 0.429 e. The standard InChI is InChI=1S/C25H23F3N6O4S/c1-4-33-13-17(19-10-11-30-24(29)31-19)23(32-33)16-6-5-7-20(22(16)28)34(25(35)38-14(2)3)39(36,37)21-12-15(26)8-9-18(21)27/h5-14H,4H2,1-3H3,(H2,29,30,31). The highest BCUT2D eigenvalue weighted by atomic mass is 32.2. The number of rotatable bonds is 7. The lowest BCUT2D eigenvalue weighted by Gasteiger charge is -2.24. The molecule has 0 saturated carbocycles. The lowest BCUT2D eigenvalue weighted by atomic mass is 10.0. The zero-order valence-electron chi connectivity index (χ0n) is 21.0. The number of hydrogen-bond donors (Lipinski definition) is 1. The van der Waals surface area contributed by atoms with Gasteiger partial charge < -0.3 is 10.5 Å². The van der Waals surface area contributed by atoms with Crippen LogP contribution in [0.2, 0.25) is 0 Å². The van der Waals surface area contributed by atoms with E-state index in [1.807, 2.05) is 0 Å². The van der Waals surface area contributed by atoms with Crippen molar-refractivity contribution in [2.75, 3.05) is 10.0 Å². The number of amides is 1. The Morgan fingerprint density at radius 2 is 1.87 bits per heavy atom. The molecule has 0 aliphatic heterocycles. The third kappa shape index (κ3) is 5.41. The van der Waals surface area contributed by atoms with Crippen LogP contribution in [-0.2, 0) is 21.3 Å². The molecule has 0 saturated heterocycles. The van der Waals surface area contributed by atoms with Crippen LogP contribution in [0.4, 0.5) is 29.6 Å². The third-order valence-electron chi connectivity index (χ3n) is 5.40. The highest BCUT2D eigenvalue weighted by molar-refractivity contribution is 7.93. The van der Waals surface area contributed by atoms with E-state index in [1.165, 1.54) is 42.9 Å². The van der Waals surface area contributed by atoms with Crippen molar-refractivity contribution < 1.29 is 31.1 Å². The molecule has 204 valence electrons. The molecule has 39 heavy (non-hydrogen) atoms. The number of hydrogen-bond acceptors (Lipinski definition) is 8. The average molecular weight is 561 g/mol. The predicted molar refractivity (Wildman–Crippen MR) is 136 cm³/mol. The van der Waals surface area contributed by atoms with Gasteiger partial charge in [0.05, 0.1) is 11.8 Å². The highest BCUT2D eigenvalue weighted by Crippen LogP contribution is 2.37. The van der Waals surface area contributed by atoms with Crippen molar-refractivity contribution in [1.29, 1.82) is 0 Å². The van der Waals surface area contributed by atoms with Gasteiger partial charge in [-0.25, -0.2) is 36.4 Å². The molecule has 0 aliphatic rings. The lowest BCUT2D eigenvalue weighted by molar-refractivity contribution is 0.126. The van der Waals surface area contributed by atoms with Gasteiger partial charge in [-0.1, -0.05) is 6.07 Å². The fraction of sp³-hybridized carbons (Fsp3) is 0.200. The van der Waals surface area contributed by atoms with E-state index in [2.05, 4.69) is 15.1 Å². The topological polar surface area (TPSA) is 133 Å². The highest BCUT2D eigenvalue weighted by Gasteiger charge is 2.38. The molecule has 0 aliphatic carbocycles. The summed E-state index contributed by atoms with van der Waals surface area (Å²) in [5, 5.41) is 4.39. The van der Waals surface area contributed by atoms with Crippen molar-refractivity contribution >= 4 is 27.8 Å². The minimum atomic E-state index is -5.20. The van der Waals surface area contributed by atoms with Gasteiger partial charge in [0.1, 0.15) is 27.9 Å². The van der Waals surface area contributed by atoms with Crippen LogP contribution in [0.3, 0.4) is 0 Å². The SMILES string of the molecule is CCn1cc(-c2ccnc(N)n2)c(-c2cccc(N(C(=O)OC(C)C)S(=O)(=O)c3cc(F)ccc3F)c2F)n1. The van der Waals surface area contributed by atoms with E-state index in [4.69, 9.17) is 10.5 Å². The molecule has 0 fully saturated rings. The van der Waals surface area contributed by atoms with E-state index >= 15 is 4.39 Å². The van der Waals surface area contributed by atoms with E-state index < -0.39 is 50.3 Å². The summed E-state index contributed by atoms with van der Waals surface area (Å²) in [6, 6.07) is 6.80. The van der Waals surface area contributed by atoms with Gasteiger partial charge in [-0.3, -0.25) is 4.68 Å². The van der Waals surface area contributed by atoms with E-state index in [-0.39, 0.29) is 21.5 Å². The number of anilines is 2. The Morgan fingerprint density at radius 1 is 1.13 bits per heavy atom. The van der Waals surface area contributed by atoms with Crippen molar-refractivity contribution in [3.63, 3.8) is 0 Å². The maximum atomic E-state index is 16.2. The van der Waals surface area contributed by atoms with Gasteiger partial charge in [0.25, 0.3) is 10.0 Å². The Labute approximate surface area is 221 Å². The van der Waals surface area contributed by atoms with Crippen LogP contribution in [0.25, 0.3) is 22.5 Å². The predicted octanol–water partition coefficient (Wildman–Crippen LogP) is 4.77. The average Bonchev–Trinajstić information content (AvgIpc) is 3.30. The number of nitrogens with zero attached hydrogens (tertiary/aromatic N) is 5. The van der Waals surface area contributed by atoms with Gasteiger partial charge in [0.2, 0.25) is 5.95 Å². The molecule has 2 aromatic heterocycles. The number of ether oxygens (including phenoxy) is 1. The van der Waals surface area contributed by atoms with Crippen LogP contribution in [0.15, 0.2) is 59.8 Å². The number of halogens is 3. The molecule has 14 heteroatoms. The summed E-state index contributed by atoms with van der Waals surface area (Å²) in [7, 11) is -5.20.